The van der Waals surface area contributed by atoms with Gasteiger partial charge < -0.3 is 10.1 Å². The third-order valence-electron chi connectivity index (χ3n) is 4.45. The van der Waals surface area contributed by atoms with Crippen LogP contribution in [0.1, 0.15) is 28.9 Å². The predicted molar refractivity (Wildman–Crippen MR) is 98.8 cm³/mol. The van der Waals surface area contributed by atoms with E-state index in [2.05, 4.69) is 40.6 Å². The second-order valence-electron chi connectivity index (χ2n) is 6.43. The van der Waals surface area contributed by atoms with Crippen molar-refractivity contribution >= 4 is 28.4 Å². The van der Waals surface area contributed by atoms with E-state index in [0.717, 1.165) is 30.3 Å². The molecular weight excluding hydrogens is 354 g/mol. The number of halogens is 1. The number of rotatable bonds is 5. The molecule has 1 N–H and O–H groups in total. The van der Waals surface area contributed by atoms with Crippen LogP contribution in [-0.2, 0) is 13.1 Å². The van der Waals surface area contributed by atoms with Gasteiger partial charge in [-0.15, -0.1) is 0 Å². The molecule has 1 aromatic carbocycles. The van der Waals surface area contributed by atoms with Gasteiger partial charge in [-0.3, -0.25) is 9.48 Å². The zero-order valence-corrected chi connectivity index (χ0v) is 15.3. The molecule has 3 aromatic rings. The molecule has 136 valence electrons. The molecule has 0 saturated heterocycles. The lowest BCUT2D eigenvalue weighted by atomic mass is 10.2. The van der Waals surface area contributed by atoms with Gasteiger partial charge >= 0.3 is 0 Å². The first kappa shape index (κ1) is 16.9. The highest BCUT2D eigenvalue weighted by Gasteiger charge is 2.24. The number of ether oxygens (including phenoxy) is 1. The molecule has 0 spiro atoms. The van der Waals surface area contributed by atoms with Gasteiger partial charge in [0.05, 0.1) is 18.3 Å². The van der Waals surface area contributed by atoms with E-state index in [-0.39, 0.29) is 16.6 Å². The van der Waals surface area contributed by atoms with Crippen LogP contribution in [0.4, 0.5) is 0 Å². The predicted octanol–water partition coefficient (Wildman–Crippen LogP) is 2.80. The Morgan fingerprint density at radius 2 is 2.31 bits per heavy atom. The van der Waals surface area contributed by atoms with Gasteiger partial charge in [-0.05, 0) is 25.0 Å². The summed E-state index contributed by atoms with van der Waals surface area (Å²) in [5, 5.41) is 13.0. The van der Waals surface area contributed by atoms with Crippen molar-refractivity contribution in [3.8, 4) is 5.88 Å². The van der Waals surface area contributed by atoms with E-state index >= 15 is 0 Å². The number of carbonyl (C=O) groups excluding carboxylic acids is 1. The normalized spacial score (nSPS) is 13.5. The SMILES string of the molecule is Cc1ccc2cnn(CCCNC(=O)c3nn4c(c3Cl)OCCC4)c2c1. The van der Waals surface area contributed by atoms with Crippen molar-refractivity contribution in [3.63, 3.8) is 0 Å². The molecule has 0 saturated carbocycles. The van der Waals surface area contributed by atoms with Gasteiger partial charge in [-0.25, -0.2) is 4.68 Å². The highest BCUT2D eigenvalue weighted by molar-refractivity contribution is 6.34. The van der Waals surface area contributed by atoms with Crippen LogP contribution in [0, 0.1) is 6.92 Å². The van der Waals surface area contributed by atoms with Crippen LogP contribution < -0.4 is 10.1 Å². The number of amides is 1. The first-order valence-electron chi connectivity index (χ1n) is 8.73. The first-order chi connectivity index (χ1) is 12.6. The van der Waals surface area contributed by atoms with Crippen molar-refractivity contribution in [3.05, 3.63) is 40.7 Å². The Kier molecular flexibility index (Phi) is 4.55. The van der Waals surface area contributed by atoms with E-state index in [1.54, 1.807) is 4.68 Å². The minimum Gasteiger partial charge on any atom is -0.477 e. The molecule has 0 fully saturated rings. The maximum atomic E-state index is 12.4. The summed E-state index contributed by atoms with van der Waals surface area (Å²) < 4.78 is 9.10. The van der Waals surface area contributed by atoms with Crippen LogP contribution in [-0.4, -0.2) is 38.6 Å². The van der Waals surface area contributed by atoms with Crippen LogP contribution in [0.2, 0.25) is 5.02 Å². The van der Waals surface area contributed by atoms with Crippen LogP contribution in [0.25, 0.3) is 10.9 Å². The van der Waals surface area contributed by atoms with E-state index in [4.69, 9.17) is 16.3 Å². The standard InChI is InChI=1S/C18H20ClN5O2/c1-12-4-5-13-11-21-23(14(13)10-12)7-2-6-20-17(25)16-15(19)18-24(22-16)8-3-9-26-18/h4-5,10-11H,2-3,6-9H2,1H3,(H,20,25). The molecule has 1 amide bonds. The molecule has 0 radical (unpaired) electrons. The lowest BCUT2D eigenvalue weighted by molar-refractivity contribution is 0.0947. The number of benzene rings is 1. The van der Waals surface area contributed by atoms with Crippen molar-refractivity contribution in [2.24, 2.45) is 0 Å². The molecule has 7 nitrogen and oxygen atoms in total. The Hall–Kier alpha value is -2.54. The third-order valence-corrected chi connectivity index (χ3v) is 4.79. The molecule has 1 aliphatic rings. The molecule has 3 heterocycles. The summed E-state index contributed by atoms with van der Waals surface area (Å²) in [7, 11) is 0. The third kappa shape index (κ3) is 3.14. The smallest absolute Gasteiger partial charge is 0.273 e. The van der Waals surface area contributed by atoms with Gasteiger partial charge in [0.15, 0.2) is 5.69 Å². The van der Waals surface area contributed by atoms with Gasteiger partial charge in [-0.1, -0.05) is 23.7 Å². The Morgan fingerprint density at radius 3 is 3.15 bits per heavy atom. The molecule has 2 aromatic heterocycles. The second-order valence-corrected chi connectivity index (χ2v) is 6.81. The van der Waals surface area contributed by atoms with E-state index < -0.39 is 0 Å². The monoisotopic (exact) mass is 373 g/mol. The summed E-state index contributed by atoms with van der Waals surface area (Å²) in [5.74, 6) is 0.211. The van der Waals surface area contributed by atoms with E-state index in [9.17, 15) is 4.79 Å². The lowest BCUT2D eigenvalue weighted by Crippen LogP contribution is -2.26. The Balaban J connectivity index is 1.35. The molecule has 0 unspecified atom stereocenters. The van der Waals surface area contributed by atoms with Gasteiger partial charge in [0.1, 0.15) is 5.02 Å². The zero-order chi connectivity index (χ0) is 18.1. The molecular formula is C18H20ClN5O2. The molecule has 1 aliphatic heterocycles. The Morgan fingerprint density at radius 1 is 1.42 bits per heavy atom. The number of aromatic nitrogens is 4. The maximum Gasteiger partial charge on any atom is 0.273 e. The highest BCUT2D eigenvalue weighted by Crippen LogP contribution is 2.30. The number of aryl methyl sites for hydroxylation is 3. The largest absolute Gasteiger partial charge is 0.477 e. The summed E-state index contributed by atoms with van der Waals surface area (Å²) in [6.45, 7) is 4.63. The molecule has 0 atom stereocenters. The molecule has 4 rings (SSSR count). The van der Waals surface area contributed by atoms with Gasteiger partial charge in [-0.2, -0.15) is 10.2 Å². The second kappa shape index (κ2) is 6.99. The van der Waals surface area contributed by atoms with Crippen molar-refractivity contribution < 1.29 is 9.53 Å². The van der Waals surface area contributed by atoms with Gasteiger partial charge in [0.25, 0.3) is 5.91 Å². The fourth-order valence-corrected chi connectivity index (χ4v) is 3.39. The fraction of sp³-hybridized carbons (Fsp3) is 0.389. The summed E-state index contributed by atoms with van der Waals surface area (Å²) in [4.78, 5) is 12.4. The number of hydrogen-bond donors (Lipinski definition) is 1. The number of nitrogens with one attached hydrogen (secondary N) is 1. The average Bonchev–Trinajstić information content (AvgIpc) is 3.20. The number of fused-ring (bicyclic) bond motifs is 2. The topological polar surface area (TPSA) is 74.0 Å². The number of nitrogens with zero attached hydrogens (tertiary/aromatic N) is 4. The Bertz CT molecular complexity index is 962. The first-order valence-corrected chi connectivity index (χ1v) is 9.11. The number of hydrogen-bond acceptors (Lipinski definition) is 4. The van der Waals surface area contributed by atoms with Crippen LogP contribution in [0.5, 0.6) is 5.88 Å². The molecule has 0 aliphatic carbocycles. The minimum atomic E-state index is -0.276. The van der Waals surface area contributed by atoms with Crippen molar-refractivity contribution in [1.82, 2.24) is 24.9 Å². The van der Waals surface area contributed by atoms with Gasteiger partial charge in [0.2, 0.25) is 5.88 Å². The summed E-state index contributed by atoms with van der Waals surface area (Å²) in [6.07, 6.45) is 3.49. The number of carbonyl (C=O) groups is 1. The highest BCUT2D eigenvalue weighted by atomic mass is 35.5. The minimum absolute atomic E-state index is 0.226. The van der Waals surface area contributed by atoms with Crippen molar-refractivity contribution in [1.29, 1.82) is 0 Å². The molecule has 26 heavy (non-hydrogen) atoms. The Labute approximate surface area is 155 Å². The summed E-state index contributed by atoms with van der Waals surface area (Å²) >= 11 is 6.23. The van der Waals surface area contributed by atoms with Crippen LogP contribution >= 0.6 is 11.6 Å². The maximum absolute atomic E-state index is 12.4. The molecule has 8 heteroatoms. The van der Waals surface area contributed by atoms with E-state index in [1.165, 1.54) is 5.56 Å². The average molecular weight is 374 g/mol. The lowest BCUT2D eigenvalue weighted by Gasteiger charge is -2.14. The van der Waals surface area contributed by atoms with Crippen molar-refractivity contribution in [2.45, 2.75) is 32.9 Å². The van der Waals surface area contributed by atoms with Crippen molar-refractivity contribution in [2.75, 3.05) is 13.2 Å². The fourth-order valence-electron chi connectivity index (χ4n) is 3.12. The van der Waals surface area contributed by atoms with Crippen LogP contribution in [0.15, 0.2) is 24.4 Å². The van der Waals surface area contributed by atoms with Gasteiger partial charge in [0, 0.05) is 31.4 Å². The molecule has 0 bridgehead atoms. The van der Waals surface area contributed by atoms with E-state index in [0.29, 0.717) is 25.6 Å². The summed E-state index contributed by atoms with van der Waals surface area (Å²) in [5.41, 5.74) is 2.54. The summed E-state index contributed by atoms with van der Waals surface area (Å²) in [6, 6.07) is 6.27. The van der Waals surface area contributed by atoms with E-state index in [1.807, 2.05) is 10.9 Å². The zero-order valence-electron chi connectivity index (χ0n) is 14.5. The van der Waals surface area contributed by atoms with Crippen LogP contribution in [0.3, 0.4) is 0 Å². The quantitative estimate of drug-likeness (QED) is 0.698.